The van der Waals surface area contributed by atoms with Gasteiger partial charge in [-0.3, -0.25) is 4.79 Å². The van der Waals surface area contributed by atoms with Crippen molar-refractivity contribution in [3.8, 4) is 0 Å². The molecule has 0 spiro atoms. The first-order chi connectivity index (χ1) is 18.8. The maximum absolute atomic E-state index is 13.6. The van der Waals surface area contributed by atoms with Gasteiger partial charge in [-0.2, -0.15) is 0 Å². The third-order valence-corrected chi connectivity index (χ3v) is 8.33. The molecule has 2 N–H and O–H groups in total. The van der Waals surface area contributed by atoms with Gasteiger partial charge in [0.1, 0.15) is 6.04 Å². The molecule has 1 aliphatic rings. The zero-order valence-corrected chi connectivity index (χ0v) is 24.7. The van der Waals surface area contributed by atoms with Crippen molar-refractivity contribution in [1.82, 2.24) is 20.4 Å². The number of piperazine rings is 1. The number of benzene rings is 2. The van der Waals surface area contributed by atoms with Crippen molar-refractivity contribution >= 4 is 52.2 Å². The Hall–Kier alpha value is -2.78. The number of urea groups is 1. The van der Waals surface area contributed by atoms with Crippen LogP contribution in [0.5, 0.6) is 0 Å². The molecule has 1 atom stereocenters. The maximum atomic E-state index is 13.6. The fraction of sp³-hybridized carbons (Fsp3) is 0.379. The molecule has 1 saturated heterocycles. The second-order valence-corrected chi connectivity index (χ2v) is 11.7. The summed E-state index contributed by atoms with van der Waals surface area (Å²) in [5.41, 5.74) is 3.20. The summed E-state index contributed by atoms with van der Waals surface area (Å²) in [7, 11) is 3.30. The molecule has 0 radical (unpaired) electrons. The molecule has 0 aliphatic carbocycles. The van der Waals surface area contributed by atoms with Gasteiger partial charge >= 0.3 is 6.03 Å². The van der Waals surface area contributed by atoms with Crippen molar-refractivity contribution < 1.29 is 9.59 Å². The van der Waals surface area contributed by atoms with E-state index in [1.165, 1.54) is 21.0 Å². The average molecular weight is 589 g/mol. The number of thiophene rings is 1. The summed E-state index contributed by atoms with van der Waals surface area (Å²) >= 11 is 14.2. The largest absolute Gasteiger partial charge is 0.368 e. The number of hydrogen-bond acceptors (Lipinski definition) is 5. The van der Waals surface area contributed by atoms with Crippen LogP contribution in [0.2, 0.25) is 10.0 Å². The number of anilines is 1. The number of rotatable bonds is 10. The topological polar surface area (TPSA) is 67.9 Å². The fourth-order valence-electron chi connectivity index (χ4n) is 4.63. The second kappa shape index (κ2) is 14.0. The van der Waals surface area contributed by atoms with E-state index in [-0.39, 0.29) is 18.4 Å². The Bertz CT molecular complexity index is 1250. The van der Waals surface area contributed by atoms with Crippen LogP contribution >= 0.6 is 34.5 Å². The van der Waals surface area contributed by atoms with Crippen LogP contribution in [0.4, 0.5) is 10.5 Å². The highest BCUT2D eigenvalue weighted by molar-refractivity contribution is 7.09. The third kappa shape index (κ3) is 8.11. The molecule has 10 heteroatoms. The summed E-state index contributed by atoms with van der Waals surface area (Å²) in [6.07, 6.45) is 1.31. The number of carbonyl (C=O) groups is 2. The van der Waals surface area contributed by atoms with E-state index in [9.17, 15) is 9.59 Å². The van der Waals surface area contributed by atoms with Crippen molar-refractivity contribution in [2.45, 2.75) is 25.4 Å². The molecular weight excluding hydrogens is 553 g/mol. The molecule has 1 fully saturated rings. The zero-order chi connectivity index (χ0) is 27.8. The summed E-state index contributed by atoms with van der Waals surface area (Å²) in [6, 6.07) is 16.8. The number of nitrogens with one attached hydrogen (secondary N) is 2. The lowest BCUT2D eigenvalue weighted by Gasteiger charge is -2.38. The first-order valence-electron chi connectivity index (χ1n) is 13.1. The van der Waals surface area contributed by atoms with Crippen LogP contribution in [-0.4, -0.2) is 74.6 Å². The van der Waals surface area contributed by atoms with Gasteiger partial charge in [0.25, 0.3) is 0 Å². The highest BCUT2D eigenvalue weighted by atomic mass is 35.5. The van der Waals surface area contributed by atoms with E-state index in [2.05, 4.69) is 57.3 Å². The molecule has 3 aromatic rings. The summed E-state index contributed by atoms with van der Waals surface area (Å²) < 4.78 is 0. The predicted molar refractivity (Wildman–Crippen MR) is 161 cm³/mol. The Kier molecular flexibility index (Phi) is 10.5. The van der Waals surface area contributed by atoms with Crippen molar-refractivity contribution in [2.75, 3.05) is 51.7 Å². The molecule has 0 saturated carbocycles. The summed E-state index contributed by atoms with van der Waals surface area (Å²) in [6.45, 7) is 4.29. The Morgan fingerprint density at radius 2 is 1.77 bits per heavy atom. The lowest BCUT2D eigenvalue weighted by atomic mass is 10.0. The molecule has 39 heavy (non-hydrogen) atoms. The minimum Gasteiger partial charge on any atom is -0.368 e. The number of nitrogens with zero attached hydrogens (tertiary/aromatic N) is 3. The molecule has 2 heterocycles. The number of carbonyl (C=O) groups excluding carboxylic acids is 2. The SMILES string of the molecule is CN(C)C(=O)N[C@H](Cc1ccc(Cl)cc1Cl)C(=O)N1CCN(c2ccccc2CNCCc2cccs2)CC1. The monoisotopic (exact) mass is 587 g/mol. The number of amides is 3. The standard InChI is InChI=1S/C29H35Cl2N5O2S/c1-34(2)29(38)33-26(18-21-9-10-23(30)19-25(21)31)28(37)36-15-13-35(14-16-36)27-8-4-3-6-22(27)20-32-12-11-24-7-5-17-39-24/h3-10,17,19,26,32H,11-16,18,20H2,1-2H3,(H,33,38)/t26-/m1/s1. The highest BCUT2D eigenvalue weighted by Gasteiger charge is 2.30. The van der Waals surface area contributed by atoms with Crippen LogP contribution in [-0.2, 0) is 24.2 Å². The summed E-state index contributed by atoms with van der Waals surface area (Å²) in [5, 5.41) is 9.56. The van der Waals surface area contributed by atoms with Gasteiger partial charge in [-0.25, -0.2) is 4.79 Å². The van der Waals surface area contributed by atoms with Gasteiger partial charge < -0.3 is 25.3 Å². The zero-order valence-electron chi connectivity index (χ0n) is 22.3. The number of halogens is 2. The highest BCUT2D eigenvalue weighted by Crippen LogP contribution is 2.24. The van der Waals surface area contributed by atoms with E-state index in [1.807, 2.05) is 4.90 Å². The Balaban J connectivity index is 1.37. The van der Waals surface area contributed by atoms with Crippen molar-refractivity contribution in [3.63, 3.8) is 0 Å². The molecule has 0 unspecified atom stereocenters. The van der Waals surface area contributed by atoms with E-state index < -0.39 is 6.04 Å². The van der Waals surface area contributed by atoms with Gasteiger partial charge in [-0.15, -0.1) is 11.3 Å². The van der Waals surface area contributed by atoms with Gasteiger partial charge in [-0.05, 0) is 47.2 Å². The van der Waals surface area contributed by atoms with E-state index >= 15 is 0 Å². The Labute approximate surface area is 244 Å². The minimum atomic E-state index is -0.732. The fourth-order valence-corrected chi connectivity index (χ4v) is 5.83. The van der Waals surface area contributed by atoms with Crippen LogP contribution in [0.25, 0.3) is 0 Å². The molecule has 4 rings (SSSR count). The van der Waals surface area contributed by atoms with Gasteiger partial charge in [-0.1, -0.05) is 53.5 Å². The third-order valence-electron chi connectivity index (χ3n) is 6.81. The van der Waals surface area contributed by atoms with Gasteiger partial charge in [0.15, 0.2) is 0 Å². The van der Waals surface area contributed by atoms with Gasteiger partial charge in [0.05, 0.1) is 0 Å². The molecule has 7 nitrogen and oxygen atoms in total. The van der Waals surface area contributed by atoms with E-state index in [4.69, 9.17) is 23.2 Å². The van der Waals surface area contributed by atoms with Crippen LogP contribution in [0.3, 0.4) is 0 Å². The van der Waals surface area contributed by atoms with Crippen LogP contribution in [0, 0.1) is 0 Å². The predicted octanol–water partition coefficient (Wildman–Crippen LogP) is 4.92. The lowest BCUT2D eigenvalue weighted by Crippen LogP contribution is -2.56. The first-order valence-corrected chi connectivity index (χ1v) is 14.7. The lowest BCUT2D eigenvalue weighted by molar-refractivity contribution is -0.133. The van der Waals surface area contributed by atoms with Crippen molar-refractivity contribution in [1.29, 1.82) is 0 Å². The number of para-hydroxylation sites is 1. The molecule has 1 aromatic heterocycles. The van der Waals surface area contributed by atoms with Crippen LogP contribution in [0.15, 0.2) is 60.0 Å². The van der Waals surface area contributed by atoms with Crippen LogP contribution in [0.1, 0.15) is 16.0 Å². The minimum absolute atomic E-state index is 0.112. The summed E-state index contributed by atoms with van der Waals surface area (Å²) in [5.74, 6) is -0.112. The smallest absolute Gasteiger partial charge is 0.317 e. The van der Waals surface area contributed by atoms with E-state index in [0.717, 1.165) is 25.1 Å². The first kappa shape index (κ1) is 29.2. The van der Waals surface area contributed by atoms with Crippen molar-refractivity contribution in [2.24, 2.45) is 0 Å². The summed E-state index contributed by atoms with van der Waals surface area (Å²) in [4.78, 5) is 33.1. The average Bonchev–Trinajstić information content (AvgIpc) is 3.45. The molecule has 0 bridgehead atoms. The van der Waals surface area contributed by atoms with Crippen molar-refractivity contribution in [3.05, 3.63) is 86.0 Å². The Morgan fingerprint density at radius 1 is 1.00 bits per heavy atom. The van der Waals surface area contributed by atoms with Gasteiger partial charge in [0, 0.05) is 80.4 Å². The quantitative estimate of drug-likeness (QED) is 0.330. The van der Waals surface area contributed by atoms with Gasteiger partial charge in [0.2, 0.25) is 5.91 Å². The van der Waals surface area contributed by atoms with E-state index in [1.54, 1.807) is 43.6 Å². The van der Waals surface area contributed by atoms with Crippen LogP contribution < -0.4 is 15.5 Å². The molecular formula is C29H35Cl2N5O2S. The Morgan fingerprint density at radius 3 is 2.46 bits per heavy atom. The second-order valence-electron chi connectivity index (χ2n) is 9.78. The molecule has 3 amide bonds. The number of hydrogen-bond donors (Lipinski definition) is 2. The van der Waals surface area contributed by atoms with E-state index in [0.29, 0.717) is 36.2 Å². The maximum Gasteiger partial charge on any atom is 0.317 e. The normalized spacial score (nSPS) is 14.3. The molecule has 1 aliphatic heterocycles. The molecule has 2 aromatic carbocycles. The molecule has 208 valence electrons.